The van der Waals surface area contributed by atoms with E-state index in [0.717, 1.165) is 6.20 Å². The predicted molar refractivity (Wildman–Crippen MR) is 113 cm³/mol. The number of nitro groups is 1. The maximum atomic E-state index is 13.6. The minimum Gasteiger partial charge on any atom is -0.360 e. The van der Waals surface area contributed by atoms with Crippen molar-refractivity contribution in [1.82, 2.24) is 24.9 Å². The van der Waals surface area contributed by atoms with E-state index in [1.165, 1.54) is 30.3 Å². The van der Waals surface area contributed by atoms with E-state index in [0.29, 0.717) is 34.3 Å². The predicted octanol–water partition coefficient (Wildman–Crippen LogP) is 4.62. The summed E-state index contributed by atoms with van der Waals surface area (Å²) in [7, 11) is 0. The van der Waals surface area contributed by atoms with Gasteiger partial charge in [-0.15, -0.1) is 0 Å². The quantitative estimate of drug-likeness (QED) is 0.332. The summed E-state index contributed by atoms with van der Waals surface area (Å²) in [6, 6.07) is 6.16. The van der Waals surface area contributed by atoms with Crippen LogP contribution in [0.3, 0.4) is 0 Å². The van der Waals surface area contributed by atoms with Crippen molar-refractivity contribution in [3.63, 3.8) is 0 Å². The highest BCUT2D eigenvalue weighted by Gasteiger charge is 2.19. The van der Waals surface area contributed by atoms with Gasteiger partial charge in [0.1, 0.15) is 23.7 Å². The Kier molecular flexibility index (Phi) is 5.54. The molecule has 0 bridgehead atoms. The van der Waals surface area contributed by atoms with Gasteiger partial charge in [-0.2, -0.15) is 0 Å². The topological polar surface area (TPSA) is 123 Å². The van der Waals surface area contributed by atoms with Gasteiger partial charge in [0.25, 0.3) is 5.69 Å². The summed E-state index contributed by atoms with van der Waals surface area (Å²) < 4.78 is 13.6. The van der Waals surface area contributed by atoms with Gasteiger partial charge < -0.3 is 10.3 Å². The first-order chi connectivity index (χ1) is 14.9. The molecule has 3 heterocycles. The Labute approximate surface area is 180 Å². The van der Waals surface area contributed by atoms with Gasteiger partial charge in [0, 0.05) is 30.2 Å². The molecule has 4 aromatic rings. The van der Waals surface area contributed by atoms with E-state index in [4.69, 9.17) is 11.6 Å². The summed E-state index contributed by atoms with van der Waals surface area (Å²) in [5.74, 6) is 0.729. The van der Waals surface area contributed by atoms with Gasteiger partial charge in [-0.25, -0.2) is 24.3 Å². The van der Waals surface area contributed by atoms with Crippen LogP contribution in [-0.4, -0.2) is 29.8 Å². The van der Waals surface area contributed by atoms with Crippen LogP contribution in [0.15, 0.2) is 55.1 Å². The number of pyridine rings is 1. The molecule has 1 aromatic carbocycles. The van der Waals surface area contributed by atoms with Crippen molar-refractivity contribution < 1.29 is 9.31 Å². The Hall–Kier alpha value is -3.92. The van der Waals surface area contributed by atoms with Crippen LogP contribution in [0.1, 0.15) is 11.9 Å². The molecule has 3 aromatic heterocycles. The molecular weight excluding hydrogens is 425 g/mol. The number of rotatable bonds is 6. The van der Waals surface area contributed by atoms with E-state index in [-0.39, 0.29) is 10.7 Å². The second kappa shape index (κ2) is 8.44. The zero-order chi connectivity index (χ0) is 22.0. The summed E-state index contributed by atoms with van der Waals surface area (Å²) in [5.41, 5.74) is 1.39. The summed E-state index contributed by atoms with van der Waals surface area (Å²) in [5, 5.41) is 14.0. The summed E-state index contributed by atoms with van der Waals surface area (Å²) >= 11 is 6.27. The van der Waals surface area contributed by atoms with E-state index in [1.54, 1.807) is 18.6 Å². The average Bonchev–Trinajstić information content (AvgIpc) is 3.28. The molecule has 0 saturated heterocycles. The smallest absolute Gasteiger partial charge is 0.287 e. The van der Waals surface area contributed by atoms with Crippen LogP contribution < -0.4 is 5.32 Å². The Morgan fingerprint density at radius 2 is 2.00 bits per heavy atom. The van der Waals surface area contributed by atoms with Crippen LogP contribution in [0, 0.1) is 22.9 Å². The summed E-state index contributed by atoms with van der Waals surface area (Å²) in [6.45, 7) is 4.00. The summed E-state index contributed by atoms with van der Waals surface area (Å²) in [6.07, 6.45) is 5.95. The van der Waals surface area contributed by atoms with Gasteiger partial charge in [0.15, 0.2) is 5.82 Å². The number of H-pyrrole nitrogens is 1. The molecule has 0 spiro atoms. The number of aromatic amines is 1. The number of halogens is 2. The van der Waals surface area contributed by atoms with E-state index in [9.17, 15) is 14.5 Å². The molecule has 1 unspecified atom stereocenters. The molecule has 9 nitrogen and oxygen atoms in total. The molecule has 2 N–H and O–H groups in total. The number of hydrogen-bond acceptors (Lipinski definition) is 7. The maximum Gasteiger partial charge on any atom is 0.287 e. The first-order valence-electron chi connectivity index (χ1n) is 8.94. The molecule has 155 valence electrons. The number of aromatic nitrogens is 5. The molecule has 0 amide bonds. The number of imidazole rings is 1. The molecule has 0 aliphatic rings. The zero-order valence-corrected chi connectivity index (χ0v) is 16.5. The van der Waals surface area contributed by atoms with Gasteiger partial charge in [-0.05, 0) is 31.2 Å². The average molecular weight is 439 g/mol. The molecule has 11 heteroatoms. The van der Waals surface area contributed by atoms with Crippen molar-refractivity contribution in [2.24, 2.45) is 0 Å². The Balaban J connectivity index is 1.71. The van der Waals surface area contributed by atoms with Gasteiger partial charge in [-0.1, -0.05) is 11.6 Å². The SMILES string of the molecule is [CH2]C(Nc1ccc([N+](=O)[O-])cn1)c1ncc(-c2ncc[nH]2)c(-c2ccc(F)cc2Cl)n1. The number of nitrogens with one attached hydrogen (secondary N) is 2. The lowest BCUT2D eigenvalue weighted by Gasteiger charge is -2.16. The number of anilines is 1. The van der Waals surface area contributed by atoms with Crippen LogP contribution in [0.5, 0.6) is 0 Å². The van der Waals surface area contributed by atoms with E-state index in [2.05, 4.69) is 37.2 Å². The standard InChI is InChI=1S/C20H14ClFN7O2/c1-11(27-17-5-3-13(9-25-17)29(30)31)19-26-10-15(20-23-6-7-24-20)18(28-19)14-4-2-12(22)8-16(14)21/h2-11H,1H2,(H,23,24)(H,25,27). The third kappa shape index (κ3) is 4.33. The fraction of sp³-hybridized carbons (Fsp3) is 0.0500. The zero-order valence-electron chi connectivity index (χ0n) is 15.8. The van der Waals surface area contributed by atoms with Gasteiger partial charge in [-0.3, -0.25) is 10.1 Å². The van der Waals surface area contributed by atoms with Gasteiger partial charge in [0.2, 0.25) is 0 Å². The monoisotopic (exact) mass is 438 g/mol. The number of hydrogen-bond donors (Lipinski definition) is 2. The Bertz CT molecular complexity index is 1230. The Morgan fingerprint density at radius 3 is 2.65 bits per heavy atom. The van der Waals surface area contributed by atoms with Crippen molar-refractivity contribution in [3.05, 3.63) is 88.8 Å². The van der Waals surface area contributed by atoms with Crippen molar-refractivity contribution in [3.8, 4) is 22.6 Å². The minimum atomic E-state index is -0.641. The molecule has 0 aliphatic heterocycles. The highest BCUT2D eigenvalue weighted by Crippen LogP contribution is 2.34. The lowest BCUT2D eigenvalue weighted by Crippen LogP contribution is -2.13. The number of benzene rings is 1. The second-order valence-electron chi connectivity index (χ2n) is 6.41. The van der Waals surface area contributed by atoms with Crippen LogP contribution in [0.4, 0.5) is 15.9 Å². The lowest BCUT2D eigenvalue weighted by molar-refractivity contribution is -0.385. The molecule has 0 saturated carbocycles. The fourth-order valence-corrected chi connectivity index (χ4v) is 3.12. The van der Waals surface area contributed by atoms with Crippen LogP contribution in [0.25, 0.3) is 22.6 Å². The van der Waals surface area contributed by atoms with E-state index >= 15 is 0 Å². The first kappa shape index (κ1) is 20.4. The maximum absolute atomic E-state index is 13.6. The van der Waals surface area contributed by atoms with E-state index in [1.807, 2.05) is 0 Å². The second-order valence-corrected chi connectivity index (χ2v) is 6.82. The van der Waals surface area contributed by atoms with Crippen LogP contribution >= 0.6 is 11.6 Å². The van der Waals surface area contributed by atoms with Gasteiger partial charge >= 0.3 is 0 Å². The van der Waals surface area contributed by atoms with Gasteiger partial charge in [0.05, 0.1) is 27.2 Å². The Morgan fingerprint density at radius 1 is 1.16 bits per heavy atom. The third-order valence-electron chi connectivity index (χ3n) is 4.34. The van der Waals surface area contributed by atoms with Crippen molar-refractivity contribution in [1.29, 1.82) is 0 Å². The largest absolute Gasteiger partial charge is 0.360 e. The molecule has 0 fully saturated rings. The molecule has 31 heavy (non-hydrogen) atoms. The fourth-order valence-electron chi connectivity index (χ4n) is 2.86. The van der Waals surface area contributed by atoms with Crippen LogP contribution in [0.2, 0.25) is 5.02 Å². The minimum absolute atomic E-state index is 0.126. The van der Waals surface area contributed by atoms with Crippen molar-refractivity contribution in [2.75, 3.05) is 5.32 Å². The molecule has 1 radical (unpaired) electrons. The number of nitrogens with zero attached hydrogens (tertiary/aromatic N) is 5. The summed E-state index contributed by atoms with van der Waals surface area (Å²) in [4.78, 5) is 30.4. The highest BCUT2D eigenvalue weighted by atomic mass is 35.5. The molecular formula is C20H14ClFN7O2. The first-order valence-corrected chi connectivity index (χ1v) is 9.32. The molecule has 0 aliphatic carbocycles. The van der Waals surface area contributed by atoms with E-state index < -0.39 is 16.8 Å². The van der Waals surface area contributed by atoms with Crippen molar-refractivity contribution in [2.45, 2.75) is 6.04 Å². The molecule has 4 rings (SSSR count). The third-order valence-corrected chi connectivity index (χ3v) is 4.65. The lowest BCUT2D eigenvalue weighted by atomic mass is 10.1. The molecule has 1 atom stereocenters. The van der Waals surface area contributed by atoms with Crippen molar-refractivity contribution >= 4 is 23.1 Å². The normalized spacial score (nSPS) is 11.8. The van der Waals surface area contributed by atoms with Crippen LogP contribution in [-0.2, 0) is 0 Å². The highest BCUT2D eigenvalue weighted by molar-refractivity contribution is 6.33.